The highest BCUT2D eigenvalue weighted by Gasteiger charge is 2.28. The van der Waals surface area contributed by atoms with Crippen molar-refractivity contribution >= 4 is 10.9 Å². The number of halogens is 3. The molecule has 0 saturated heterocycles. The molecular weight excluding hydrogens is 247 g/mol. The zero-order valence-electron chi connectivity index (χ0n) is 9.24. The summed E-state index contributed by atoms with van der Waals surface area (Å²) in [5, 5.41) is 9.88. The van der Waals surface area contributed by atoms with Crippen molar-refractivity contribution in [1.29, 1.82) is 0 Å². The van der Waals surface area contributed by atoms with E-state index in [0.29, 0.717) is 16.5 Å². The third-order valence-electron chi connectivity index (χ3n) is 2.33. The number of aliphatic hydroxyl groups excluding tert-OH is 1. The Morgan fingerprint density at radius 2 is 1.94 bits per heavy atom. The van der Waals surface area contributed by atoms with Crippen LogP contribution in [-0.4, -0.2) is 22.9 Å². The summed E-state index contributed by atoms with van der Waals surface area (Å²) in [6.45, 7) is -1.69. The van der Waals surface area contributed by atoms with E-state index < -0.39 is 12.8 Å². The zero-order chi connectivity index (χ0) is 13.2. The maximum absolute atomic E-state index is 12.0. The number of fused-ring (bicyclic) bond motifs is 1. The number of aromatic nitrogens is 1. The third-order valence-corrected chi connectivity index (χ3v) is 2.33. The number of nitrogens with zero attached hydrogens (tertiary/aromatic N) is 1. The van der Waals surface area contributed by atoms with Gasteiger partial charge in [0.05, 0.1) is 12.1 Å². The molecule has 1 aromatic heterocycles. The number of para-hydroxylation sites is 1. The number of hydrogen-bond acceptors (Lipinski definition) is 3. The summed E-state index contributed by atoms with van der Waals surface area (Å²) in [5.41, 5.74) is 0.971. The van der Waals surface area contributed by atoms with Crippen LogP contribution in [0.25, 0.3) is 10.9 Å². The van der Waals surface area contributed by atoms with Crippen molar-refractivity contribution in [2.75, 3.05) is 6.61 Å². The van der Waals surface area contributed by atoms with Gasteiger partial charge in [0.15, 0.2) is 6.61 Å². The molecule has 2 rings (SSSR count). The summed E-state index contributed by atoms with van der Waals surface area (Å²) in [5.74, 6) is -0.143. The van der Waals surface area contributed by atoms with Crippen molar-refractivity contribution < 1.29 is 23.0 Å². The molecule has 6 heteroatoms. The molecular formula is C12H10F3NO2. The molecule has 0 aliphatic heterocycles. The van der Waals surface area contributed by atoms with Crippen molar-refractivity contribution in [2.45, 2.75) is 12.8 Å². The minimum absolute atomic E-state index is 0.143. The molecule has 0 unspecified atom stereocenters. The van der Waals surface area contributed by atoms with E-state index >= 15 is 0 Å². The highest BCUT2D eigenvalue weighted by Crippen LogP contribution is 2.23. The lowest BCUT2D eigenvalue weighted by atomic mass is 10.1. The van der Waals surface area contributed by atoms with Crippen LogP contribution < -0.4 is 4.74 Å². The number of hydrogen-bond donors (Lipinski definition) is 1. The second kappa shape index (κ2) is 4.81. The molecule has 96 valence electrons. The molecule has 0 bridgehead atoms. The molecule has 0 aliphatic rings. The molecule has 0 radical (unpaired) electrons. The van der Waals surface area contributed by atoms with Gasteiger partial charge in [-0.1, -0.05) is 18.2 Å². The van der Waals surface area contributed by atoms with Gasteiger partial charge in [0.1, 0.15) is 0 Å². The van der Waals surface area contributed by atoms with E-state index in [0.717, 1.165) is 0 Å². The monoisotopic (exact) mass is 257 g/mol. The SMILES string of the molecule is OCc1cc(OCC(F)(F)F)nc2ccccc12. The summed E-state index contributed by atoms with van der Waals surface area (Å²) in [6.07, 6.45) is -4.41. The van der Waals surface area contributed by atoms with Crippen LogP contribution in [0.3, 0.4) is 0 Å². The van der Waals surface area contributed by atoms with Gasteiger partial charge in [-0.15, -0.1) is 0 Å². The molecule has 2 aromatic rings. The molecule has 18 heavy (non-hydrogen) atoms. The fourth-order valence-electron chi connectivity index (χ4n) is 1.58. The number of pyridine rings is 1. The van der Waals surface area contributed by atoms with Gasteiger partial charge in [-0.3, -0.25) is 0 Å². The minimum atomic E-state index is -4.41. The van der Waals surface area contributed by atoms with Gasteiger partial charge >= 0.3 is 6.18 Å². The van der Waals surface area contributed by atoms with Crippen LogP contribution in [0.2, 0.25) is 0 Å². The van der Waals surface area contributed by atoms with Crippen molar-refractivity contribution in [3.05, 3.63) is 35.9 Å². The maximum Gasteiger partial charge on any atom is 0.422 e. The van der Waals surface area contributed by atoms with Crippen molar-refractivity contribution in [1.82, 2.24) is 4.98 Å². The average molecular weight is 257 g/mol. The van der Waals surface area contributed by atoms with Gasteiger partial charge in [0, 0.05) is 11.5 Å². The Morgan fingerprint density at radius 3 is 2.61 bits per heavy atom. The van der Waals surface area contributed by atoms with Crippen LogP contribution in [-0.2, 0) is 6.61 Å². The second-order valence-electron chi connectivity index (χ2n) is 3.70. The van der Waals surface area contributed by atoms with Crippen LogP contribution in [0.15, 0.2) is 30.3 Å². The van der Waals surface area contributed by atoms with Crippen LogP contribution in [0.5, 0.6) is 5.88 Å². The topological polar surface area (TPSA) is 42.4 Å². The van der Waals surface area contributed by atoms with Crippen LogP contribution in [0.1, 0.15) is 5.56 Å². The van der Waals surface area contributed by atoms with Crippen LogP contribution >= 0.6 is 0 Å². The average Bonchev–Trinajstić information content (AvgIpc) is 2.34. The Bertz CT molecular complexity index is 555. The first-order valence-electron chi connectivity index (χ1n) is 5.18. The predicted octanol–water partition coefficient (Wildman–Crippen LogP) is 2.67. The standard InChI is InChI=1S/C12H10F3NO2/c13-12(14,15)7-18-11-5-8(6-17)9-3-1-2-4-10(9)16-11/h1-5,17H,6-7H2. The summed E-state index contributed by atoms with van der Waals surface area (Å²) in [6, 6.07) is 8.17. The van der Waals surface area contributed by atoms with Crippen LogP contribution in [0.4, 0.5) is 13.2 Å². The van der Waals surface area contributed by atoms with E-state index in [4.69, 9.17) is 0 Å². The highest BCUT2D eigenvalue weighted by molar-refractivity contribution is 5.82. The molecule has 1 aromatic carbocycles. The van der Waals surface area contributed by atoms with E-state index in [1.165, 1.54) is 6.07 Å². The van der Waals surface area contributed by atoms with Gasteiger partial charge in [-0.05, 0) is 11.6 Å². The Hall–Kier alpha value is -1.82. The predicted molar refractivity (Wildman–Crippen MR) is 59.2 cm³/mol. The second-order valence-corrected chi connectivity index (χ2v) is 3.70. The van der Waals surface area contributed by atoms with E-state index in [-0.39, 0.29) is 12.5 Å². The minimum Gasteiger partial charge on any atom is -0.468 e. The molecule has 3 nitrogen and oxygen atoms in total. The number of rotatable bonds is 3. The van der Waals surface area contributed by atoms with Crippen molar-refractivity contribution in [2.24, 2.45) is 0 Å². The van der Waals surface area contributed by atoms with Gasteiger partial charge in [-0.25, -0.2) is 4.98 Å². The fraction of sp³-hybridized carbons (Fsp3) is 0.250. The van der Waals surface area contributed by atoms with Crippen molar-refractivity contribution in [3.8, 4) is 5.88 Å². The molecule has 0 aliphatic carbocycles. The largest absolute Gasteiger partial charge is 0.468 e. The fourth-order valence-corrected chi connectivity index (χ4v) is 1.58. The lowest BCUT2D eigenvalue weighted by Gasteiger charge is -2.10. The molecule has 1 N–H and O–H groups in total. The van der Waals surface area contributed by atoms with E-state index in [2.05, 4.69) is 9.72 Å². The van der Waals surface area contributed by atoms with Crippen LogP contribution in [0, 0.1) is 0 Å². The van der Waals surface area contributed by atoms with Crippen molar-refractivity contribution in [3.63, 3.8) is 0 Å². The Kier molecular flexibility index (Phi) is 3.38. The van der Waals surface area contributed by atoms with E-state index in [1.54, 1.807) is 24.3 Å². The first kappa shape index (κ1) is 12.6. The van der Waals surface area contributed by atoms with E-state index in [1.807, 2.05) is 0 Å². The smallest absolute Gasteiger partial charge is 0.422 e. The first-order chi connectivity index (χ1) is 8.49. The molecule has 0 fully saturated rings. The summed E-state index contributed by atoms with van der Waals surface area (Å²) < 4.78 is 40.7. The Labute approximate surface area is 101 Å². The molecule has 0 atom stereocenters. The van der Waals surface area contributed by atoms with E-state index in [9.17, 15) is 18.3 Å². The lowest BCUT2D eigenvalue weighted by molar-refractivity contribution is -0.154. The maximum atomic E-state index is 12.0. The number of ether oxygens (including phenoxy) is 1. The third kappa shape index (κ3) is 2.89. The van der Waals surface area contributed by atoms with Gasteiger partial charge in [0.2, 0.25) is 5.88 Å². The Morgan fingerprint density at radius 1 is 1.22 bits per heavy atom. The first-order valence-corrected chi connectivity index (χ1v) is 5.18. The lowest BCUT2D eigenvalue weighted by Crippen LogP contribution is -2.19. The normalized spacial score (nSPS) is 11.8. The summed E-state index contributed by atoms with van der Waals surface area (Å²) in [4.78, 5) is 3.95. The molecule has 0 amide bonds. The molecule has 1 heterocycles. The number of alkyl halides is 3. The number of benzene rings is 1. The van der Waals surface area contributed by atoms with Gasteiger partial charge < -0.3 is 9.84 Å². The molecule has 0 spiro atoms. The van der Waals surface area contributed by atoms with Gasteiger partial charge in [-0.2, -0.15) is 13.2 Å². The Balaban J connectivity index is 2.35. The zero-order valence-corrected chi connectivity index (χ0v) is 9.24. The highest BCUT2D eigenvalue weighted by atomic mass is 19.4. The summed E-state index contributed by atoms with van der Waals surface area (Å²) in [7, 11) is 0. The molecule has 0 saturated carbocycles. The number of aliphatic hydroxyl groups is 1. The quantitative estimate of drug-likeness (QED) is 0.919. The van der Waals surface area contributed by atoms with Gasteiger partial charge in [0.25, 0.3) is 0 Å². The summed E-state index contributed by atoms with van der Waals surface area (Å²) >= 11 is 0.